The standard InChI is InChI=1S/C10H13BrClNO/c1-7(6-14)5-13-10-3-2-8(12)4-9(10)11/h2-4,7,13-14H,5-6H2,1H3. The van der Waals surface area contributed by atoms with Crippen molar-refractivity contribution in [1.82, 2.24) is 0 Å². The van der Waals surface area contributed by atoms with E-state index in [1.807, 2.05) is 25.1 Å². The number of anilines is 1. The number of hydrogen-bond acceptors (Lipinski definition) is 2. The molecule has 0 spiro atoms. The second-order valence-corrected chi connectivity index (χ2v) is 4.58. The molecule has 0 bridgehead atoms. The first-order valence-electron chi connectivity index (χ1n) is 4.43. The van der Waals surface area contributed by atoms with Crippen molar-refractivity contribution in [3.8, 4) is 0 Å². The van der Waals surface area contributed by atoms with Crippen molar-refractivity contribution in [2.75, 3.05) is 18.5 Å². The summed E-state index contributed by atoms with van der Waals surface area (Å²) in [5.74, 6) is 0.248. The van der Waals surface area contributed by atoms with Gasteiger partial charge in [-0.15, -0.1) is 0 Å². The van der Waals surface area contributed by atoms with Gasteiger partial charge in [0.15, 0.2) is 0 Å². The molecule has 2 nitrogen and oxygen atoms in total. The minimum atomic E-state index is 0.193. The van der Waals surface area contributed by atoms with Crippen LogP contribution in [0.5, 0.6) is 0 Å². The fourth-order valence-corrected chi connectivity index (χ4v) is 1.80. The van der Waals surface area contributed by atoms with E-state index in [4.69, 9.17) is 16.7 Å². The van der Waals surface area contributed by atoms with Gasteiger partial charge in [0.2, 0.25) is 0 Å². The first-order chi connectivity index (χ1) is 6.63. The van der Waals surface area contributed by atoms with Gasteiger partial charge in [0.1, 0.15) is 0 Å². The smallest absolute Gasteiger partial charge is 0.0485 e. The highest BCUT2D eigenvalue weighted by atomic mass is 79.9. The lowest BCUT2D eigenvalue weighted by atomic mass is 10.2. The fraction of sp³-hybridized carbons (Fsp3) is 0.400. The Labute approximate surface area is 97.4 Å². The molecule has 0 aromatic heterocycles. The molecule has 1 unspecified atom stereocenters. The van der Waals surface area contributed by atoms with Crippen LogP contribution in [0.15, 0.2) is 22.7 Å². The van der Waals surface area contributed by atoms with E-state index in [0.29, 0.717) is 5.02 Å². The van der Waals surface area contributed by atoms with Crippen molar-refractivity contribution in [2.45, 2.75) is 6.92 Å². The minimum Gasteiger partial charge on any atom is -0.396 e. The number of rotatable bonds is 4. The second kappa shape index (κ2) is 5.59. The average molecular weight is 279 g/mol. The Balaban J connectivity index is 2.59. The molecule has 0 aliphatic rings. The Hall–Kier alpha value is -0.250. The number of halogens is 2. The Bertz CT molecular complexity index is 306. The Kier molecular flexibility index (Phi) is 4.72. The molecule has 1 aromatic rings. The van der Waals surface area contributed by atoms with Crippen LogP contribution in [-0.4, -0.2) is 18.3 Å². The summed E-state index contributed by atoms with van der Waals surface area (Å²) < 4.78 is 0.940. The molecule has 0 heterocycles. The topological polar surface area (TPSA) is 32.3 Å². The lowest BCUT2D eigenvalue weighted by Crippen LogP contribution is -2.14. The summed E-state index contributed by atoms with van der Waals surface area (Å²) in [6.45, 7) is 2.92. The number of nitrogens with one attached hydrogen (secondary N) is 1. The molecule has 1 rings (SSSR count). The summed E-state index contributed by atoms with van der Waals surface area (Å²) in [6, 6.07) is 5.59. The van der Waals surface area contributed by atoms with Gasteiger partial charge in [0.25, 0.3) is 0 Å². The maximum absolute atomic E-state index is 8.85. The van der Waals surface area contributed by atoms with E-state index in [0.717, 1.165) is 16.7 Å². The van der Waals surface area contributed by atoms with Crippen LogP contribution in [0.4, 0.5) is 5.69 Å². The summed E-state index contributed by atoms with van der Waals surface area (Å²) in [6.07, 6.45) is 0. The summed E-state index contributed by atoms with van der Waals surface area (Å²) in [4.78, 5) is 0. The summed E-state index contributed by atoms with van der Waals surface area (Å²) in [5.41, 5.74) is 0.995. The zero-order valence-corrected chi connectivity index (χ0v) is 10.3. The van der Waals surface area contributed by atoms with Gasteiger partial charge in [-0.25, -0.2) is 0 Å². The molecule has 1 aromatic carbocycles. The SMILES string of the molecule is CC(CO)CNc1ccc(Cl)cc1Br. The van der Waals surface area contributed by atoms with Crippen LogP contribution in [-0.2, 0) is 0 Å². The highest BCUT2D eigenvalue weighted by molar-refractivity contribution is 9.10. The molecule has 78 valence electrons. The zero-order chi connectivity index (χ0) is 10.6. The minimum absolute atomic E-state index is 0.193. The lowest BCUT2D eigenvalue weighted by Gasteiger charge is -2.12. The maximum atomic E-state index is 8.85. The summed E-state index contributed by atoms with van der Waals surface area (Å²) in [5, 5.41) is 12.8. The molecule has 14 heavy (non-hydrogen) atoms. The predicted molar refractivity (Wildman–Crippen MR) is 63.9 cm³/mol. The van der Waals surface area contributed by atoms with Crippen molar-refractivity contribution >= 4 is 33.2 Å². The molecule has 0 aliphatic carbocycles. The quantitative estimate of drug-likeness (QED) is 0.887. The van der Waals surface area contributed by atoms with E-state index in [1.165, 1.54) is 0 Å². The van der Waals surface area contributed by atoms with E-state index in [2.05, 4.69) is 21.2 Å². The number of aliphatic hydroxyl groups is 1. The monoisotopic (exact) mass is 277 g/mol. The van der Waals surface area contributed by atoms with Gasteiger partial charge in [-0.1, -0.05) is 18.5 Å². The Morgan fingerprint density at radius 2 is 2.29 bits per heavy atom. The van der Waals surface area contributed by atoms with Crippen LogP contribution in [0.25, 0.3) is 0 Å². The van der Waals surface area contributed by atoms with Crippen LogP contribution in [0.1, 0.15) is 6.92 Å². The summed E-state index contributed by atoms with van der Waals surface area (Å²) in [7, 11) is 0. The van der Waals surface area contributed by atoms with E-state index >= 15 is 0 Å². The molecule has 1 atom stereocenters. The van der Waals surface area contributed by atoms with E-state index in [1.54, 1.807) is 0 Å². The van der Waals surface area contributed by atoms with E-state index in [9.17, 15) is 0 Å². The Morgan fingerprint density at radius 3 is 2.86 bits per heavy atom. The first kappa shape index (κ1) is 11.8. The van der Waals surface area contributed by atoms with Gasteiger partial charge in [0.05, 0.1) is 0 Å². The second-order valence-electron chi connectivity index (χ2n) is 3.29. The molecular weight excluding hydrogens is 265 g/mol. The molecule has 0 amide bonds. The van der Waals surface area contributed by atoms with Crippen LogP contribution >= 0.6 is 27.5 Å². The van der Waals surface area contributed by atoms with Gasteiger partial charge in [-0.2, -0.15) is 0 Å². The van der Waals surface area contributed by atoms with E-state index in [-0.39, 0.29) is 12.5 Å². The van der Waals surface area contributed by atoms with Gasteiger partial charge >= 0.3 is 0 Å². The zero-order valence-electron chi connectivity index (χ0n) is 7.93. The predicted octanol–water partition coefficient (Wildman–Crippen LogP) is 3.14. The van der Waals surface area contributed by atoms with Crippen LogP contribution < -0.4 is 5.32 Å². The van der Waals surface area contributed by atoms with Gasteiger partial charge in [-0.3, -0.25) is 0 Å². The molecule has 2 N–H and O–H groups in total. The van der Waals surface area contributed by atoms with Crippen molar-refractivity contribution < 1.29 is 5.11 Å². The number of benzene rings is 1. The molecule has 0 saturated heterocycles. The first-order valence-corrected chi connectivity index (χ1v) is 5.60. The van der Waals surface area contributed by atoms with E-state index < -0.39 is 0 Å². The average Bonchev–Trinajstić information content (AvgIpc) is 2.16. The molecule has 4 heteroatoms. The number of hydrogen-bond donors (Lipinski definition) is 2. The van der Waals surface area contributed by atoms with Gasteiger partial charge in [0, 0.05) is 28.3 Å². The molecule has 0 fully saturated rings. The maximum Gasteiger partial charge on any atom is 0.0485 e. The third-order valence-electron chi connectivity index (χ3n) is 1.88. The normalized spacial score (nSPS) is 12.6. The lowest BCUT2D eigenvalue weighted by molar-refractivity contribution is 0.244. The third-order valence-corrected chi connectivity index (χ3v) is 2.77. The van der Waals surface area contributed by atoms with Crippen molar-refractivity contribution in [3.05, 3.63) is 27.7 Å². The van der Waals surface area contributed by atoms with Crippen LogP contribution in [0.2, 0.25) is 5.02 Å². The van der Waals surface area contributed by atoms with Crippen LogP contribution in [0, 0.1) is 5.92 Å². The number of aliphatic hydroxyl groups excluding tert-OH is 1. The summed E-state index contributed by atoms with van der Waals surface area (Å²) >= 11 is 9.22. The fourth-order valence-electron chi connectivity index (χ4n) is 0.982. The molecule has 0 saturated carbocycles. The molecular formula is C10H13BrClNO. The molecule has 0 aliphatic heterocycles. The van der Waals surface area contributed by atoms with Crippen molar-refractivity contribution in [1.29, 1.82) is 0 Å². The third kappa shape index (κ3) is 3.48. The largest absolute Gasteiger partial charge is 0.396 e. The Morgan fingerprint density at radius 1 is 1.57 bits per heavy atom. The van der Waals surface area contributed by atoms with Crippen LogP contribution in [0.3, 0.4) is 0 Å². The van der Waals surface area contributed by atoms with Gasteiger partial charge < -0.3 is 10.4 Å². The highest BCUT2D eigenvalue weighted by Gasteiger charge is 2.02. The van der Waals surface area contributed by atoms with Crippen molar-refractivity contribution in [3.63, 3.8) is 0 Å². The molecule has 0 radical (unpaired) electrons. The van der Waals surface area contributed by atoms with Gasteiger partial charge in [-0.05, 0) is 40.0 Å². The highest BCUT2D eigenvalue weighted by Crippen LogP contribution is 2.25. The van der Waals surface area contributed by atoms with Crippen molar-refractivity contribution in [2.24, 2.45) is 5.92 Å².